The molecular weight excluding hydrogens is 336 g/mol. The Labute approximate surface area is 151 Å². The molecule has 0 unspecified atom stereocenters. The number of likely N-dealkylation sites (tertiary alicyclic amines) is 1. The molecule has 1 aliphatic carbocycles. The molecule has 1 saturated heterocycles. The summed E-state index contributed by atoms with van der Waals surface area (Å²) in [6.45, 7) is 3.37. The van der Waals surface area contributed by atoms with Crippen molar-refractivity contribution in [3.8, 4) is 0 Å². The molecule has 1 N–H and O–H groups in total. The van der Waals surface area contributed by atoms with Crippen LogP contribution in [0.25, 0.3) is 0 Å². The maximum Gasteiger partial charge on any atom is 0.234 e. The molecule has 7 nitrogen and oxygen atoms in total. The van der Waals surface area contributed by atoms with E-state index in [1.54, 1.807) is 0 Å². The minimum atomic E-state index is -0.0392. The van der Waals surface area contributed by atoms with Crippen LogP contribution in [-0.2, 0) is 11.3 Å². The van der Waals surface area contributed by atoms with Gasteiger partial charge in [-0.15, -0.1) is 5.10 Å². The lowest BCUT2D eigenvalue weighted by Gasteiger charge is -2.14. The monoisotopic (exact) mass is 358 g/mol. The highest BCUT2D eigenvalue weighted by atomic mass is 32.2. The molecule has 1 aromatic heterocycles. The van der Waals surface area contributed by atoms with E-state index in [4.69, 9.17) is 0 Å². The second kappa shape index (κ2) is 7.53. The molecule has 25 heavy (non-hydrogen) atoms. The van der Waals surface area contributed by atoms with Crippen molar-refractivity contribution in [2.45, 2.75) is 43.4 Å². The lowest BCUT2D eigenvalue weighted by atomic mass is 10.2. The van der Waals surface area contributed by atoms with E-state index < -0.39 is 0 Å². The number of amides is 1. The van der Waals surface area contributed by atoms with Gasteiger partial charge >= 0.3 is 0 Å². The molecule has 1 amide bonds. The molecule has 1 aromatic carbocycles. The molecule has 2 fully saturated rings. The number of benzene rings is 1. The predicted octanol–water partition coefficient (Wildman–Crippen LogP) is 2.33. The molecular formula is C17H22N6OS. The van der Waals surface area contributed by atoms with Crippen molar-refractivity contribution in [3.63, 3.8) is 0 Å². The molecule has 2 aromatic rings. The van der Waals surface area contributed by atoms with Gasteiger partial charge in [-0.05, 0) is 66.9 Å². The first-order valence-corrected chi connectivity index (χ1v) is 9.78. The van der Waals surface area contributed by atoms with Gasteiger partial charge in [-0.2, -0.15) is 0 Å². The van der Waals surface area contributed by atoms with E-state index in [1.165, 1.54) is 43.3 Å². The number of thioether (sulfide) groups is 1. The van der Waals surface area contributed by atoms with E-state index >= 15 is 0 Å². The second-order valence-corrected chi connectivity index (χ2v) is 7.60. The van der Waals surface area contributed by atoms with Crippen LogP contribution < -0.4 is 5.32 Å². The number of hydrogen-bond donors (Lipinski definition) is 1. The summed E-state index contributed by atoms with van der Waals surface area (Å²) in [4.78, 5) is 14.6. The van der Waals surface area contributed by atoms with Crippen molar-refractivity contribution in [1.29, 1.82) is 0 Å². The zero-order chi connectivity index (χ0) is 17.1. The summed E-state index contributed by atoms with van der Waals surface area (Å²) >= 11 is 1.38. The lowest BCUT2D eigenvalue weighted by Crippen LogP contribution is -2.18. The molecule has 0 radical (unpaired) electrons. The van der Waals surface area contributed by atoms with Gasteiger partial charge in [0.15, 0.2) is 0 Å². The summed E-state index contributed by atoms with van der Waals surface area (Å²) < 4.78 is 1.82. The largest absolute Gasteiger partial charge is 0.325 e. The molecule has 4 rings (SSSR count). The highest BCUT2D eigenvalue weighted by Crippen LogP contribution is 2.36. The van der Waals surface area contributed by atoms with Crippen LogP contribution in [-0.4, -0.2) is 49.9 Å². The van der Waals surface area contributed by atoms with Crippen LogP contribution in [0.3, 0.4) is 0 Å². The number of anilines is 1. The Hall–Kier alpha value is -1.93. The van der Waals surface area contributed by atoms with E-state index in [0.29, 0.717) is 11.8 Å². The Balaban J connectivity index is 1.26. The van der Waals surface area contributed by atoms with Crippen molar-refractivity contribution in [2.24, 2.45) is 0 Å². The standard InChI is InChI=1S/C17H22N6OS/c24-16(12-25-17-19-20-21-23(17)15-7-8-15)18-14-5-3-13(4-6-14)11-22-9-1-2-10-22/h3-6,15H,1-2,7-12H2,(H,18,24). The normalized spacial score (nSPS) is 17.8. The first-order chi connectivity index (χ1) is 12.3. The number of carbonyl (C=O) groups is 1. The third-order valence-corrected chi connectivity index (χ3v) is 5.46. The van der Waals surface area contributed by atoms with Gasteiger partial charge < -0.3 is 5.32 Å². The van der Waals surface area contributed by atoms with Crippen molar-refractivity contribution in [3.05, 3.63) is 29.8 Å². The van der Waals surface area contributed by atoms with Crippen molar-refractivity contribution in [2.75, 3.05) is 24.2 Å². The second-order valence-electron chi connectivity index (χ2n) is 6.65. The molecule has 0 bridgehead atoms. The van der Waals surface area contributed by atoms with Crippen LogP contribution >= 0.6 is 11.8 Å². The predicted molar refractivity (Wildman–Crippen MR) is 96.4 cm³/mol. The number of aromatic nitrogens is 4. The van der Waals surface area contributed by atoms with E-state index in [0.717, 1.165) is 30.2 Å². The summed E-state index contributed by atoms with van der Waals surface area (Å²) in [6.07, 6.45) is 4.84. The highest BCUT2D eigenvalue weighted by Gasteiger charge is 2.28. The number of nitrogens with zero attached hydrogens (tertiary/aromatic N) is 5. The Morgan fingerprint density at radius 1 is 1.20 bits per heavy atom. The van der Waals surface area contributed by atoms with Crippen LogP contribution in [0.4, 0.5) is 5.69 Å². The number of rotatable bonds is 7. The fraction of sp³-hybridized carbons (Fsp3) is 0.529. The molecule has 2 heterocycles. The first kappa shape index (κ1) is 16.5. The summed E-state index contributed by atoms with van der Waals surface area (Å²) in [5.74, 6) is 0.269. The third-order valence-electron chi connectivity index (χ3n) is 4.53. The Morgan fingerprint density at radius 3 is 2.68 bits per heavy atom. The number of nitrogens with one attached hydrogen (secondary N) is 1. The van der Waals surface area contributed by atoms with Gasteiger partial charge in [-0.3, -0.25) is 9.69 Å². The smallest absolute Gasteiger partial charge is 0.234 e. The molecule has 1 saturated carbocycles. The first-order valence-electron chi connectivity index (χ1n) is 8.80. The van der Waals surface area contributed by atoms with Gasteiger partial charge in [0.2, 0.25) is 11.1 Å². The van der Waals surface area contributed by atoms with Gasteiger partial charge in [0.25, 0.3) is 0 Å². The lowest BCUT2D eigenvalue weighted by molar-refractivity contribution is -0.113. The van der Waals surface area contributed by atoms with Gasteiger partial charge in [-0.1, -0.05) is 23.9 Å². The molecule has 8 heteroatoms. The minimum absolute atomic E-state index is 0.0392. The van der Waals surface area contributed by atoms with Gasteiger partial charge in [-0.25, -0.2) is 4.68 Å². The van der Waals surface area contributed by atoms with E-state index in [-0.39, 0.29) is 5.91 Å². The fourth-order valence-electron chi connectivity index (χ4n) is 3.05. The van der Waals surface area contributed by atoms with Gasteiger partial charge in [0, 0.05) is 12.2 Å². The van der Waals surface area contributed by atoms with Crippen LogP contribution in [0.1, 0.15) is 37.3 Å². The molecule has 0 spiro atoms. The molecule has 1 aliphatic heterocycles. The number of carbonyl (C=O) groups excluding carboxylic acids is 1. The Morgan fingerprint density at radius 2 is 1.96 bits per heavy atom. The zero-order valence-electron chi connectivity index (χ0n) is 14.1. The average Bonchev–Trinajstić information content (AvgIpc) is 3.13. The molecule has 2 aliphatic rings. The number of hydrogen-bond acceptors (Lipinski definition) is 6. The zero-order valence-corrected chi connectivity index (χ0v) is 14.9. The topological polar surface area (TPSA) is 75.9 Å². The fourth-order valence-corrected chi connectivity index (χ4v) is 3.79. The average molecular weight is 358 g/mol. The van der Waals surface area contributed by atoms with Crippen molar-refractivity contribution in [1.82, 2.24) is 25.1 Å². The quantitative estimate of drug-likeness (QED) is 0.766. The Kier molecular flexibility index (Phi) is 4.98. The molecule has 132 valence electrons. The van der Waals surface area contributed by atoms with Gasteiger partial charge in [0.05, 0.1) is 11.8 Å². The van der Waals surface area contributed by atoms with Crippen molar-refractivity contribution >= 4 is 23.4 Å². The maximum atomic E-state index is 12.2. The van der Waals surface area contributed by atoms with E-state index in [9.17, 15) is 4.79 Å². The van der Waals surface area contributed by atoms with Crippen molar-refractivity contribution < 1.29 is 4.79 Å². The number of tetrazole rings is 1. The van der Waals surface area contributed by atoms with E-state index in [1.807, 2.05) is 16.8 Å². The van der Waals surface area contributed by atoms with Crippen LogP contribution in [0, 0.1) is 0 Å². The molecule has 0 atom stereocenters. The van der Waals surface area contributed by atoms with E-state index in [2.05, 4.69) is 37.9 Å². The van der Waals surface area contributed by atoms with Crippen LogP contribution in [0.5, 0.6) is 0 Å². The summed E-state index contributed by atoms with van der Waals surface area (Å²) in [5.41, 5.74) is 2.12. The summed E-state index contributed by atoms with van der Waals surface area (Å²) in [5, 5.41) is 15.4. The van der Waals surface area contributed by atoms with Gasteiger partial charge in [0.1, 0.15) is 0 Å². The SMILES string of the molecule is O=C(CSc1nnnn1C1CC1)Nc1ccc(CN2CCCC2)cc1. The summed E-state index contributed by atoms with van der Waals surface area (Å²) in [6, 6.07) is 8.55. The summed E-state index contributed by atoms with van der Waals surface area (Å²) in [7, 11) is 0. The highest BCUT2D eigenvalue weighted by molar-refractivity contribution is 7.99. The van der Waals surface area contributed by atoms with Crippen LogP contribution in [0.2, 0.25) is 0 Å². The third kappa shape index (κ3) is 4.38. The maximum absolute atomic E-state index is 12.2. The Bertz CT molecular complexity index is 721. The van der Waals surface area contributed by atoms with Crippen LogP contribution in [0.15, 0.2) is 29.4 Å². The minimum Gasteiger partial charge on any atom is -0.325 e.